The standard InChI is InChI=1S/C25H30ClN3O4/c1-3-14-25(24(31)29-27-15-13-19-5-9-21(26)10-6-19)18(2)33-23(28-25)20-7-11-22(12-8-20)32-17-4-16-30/h3,5-12,18,27,30H,1,4,13-17H2,2H3,(H,29,31)/t18-,25-/m0/s1. The van der Waals surface area contributed by atoms with Crippen molar-refractivity contribution in [3.63, 3.8) is 0 Å². The molecule has 0 saturated heterocycles. The van der Waals surface area contributed by atoms with Gasteiger partial charge in [-0.2, -0.15) is 0 Å². The Hall–Kier alpha value is -2.87. The SMILES string of the molecule is C=CC[C@]1(C(=O)NNCCc2ccc(Cl)cc2)N=C(c2ccc(OCCCO)cc2)O[C@H]1C. The number of benzene rings is 2. The van der Waals surface area contributed by atoms with Crippen LogP contribution in [0.4, 0.5) is 0 Å². The van der Waals surface area contributed by atoms with E-state index in [9.17, 15) is 4.79 Å². The molecule has 0 fully saturated rings. The van der Waals surface area contributed by atoms with Crippen LogP contribution >= 0.6 is 11.6 Å². The van der Waals surface area contributed by atoms with Crippen LogP contribution in [0.1, 0.15) is 30.9 Å². The van der Waals surface area contributed by atoms with Crippen LogP contribution in [0.3, 0.4) is 0 Å². The van der Waals surface area contributed by atoms with Crippen LogP contribution in [0.15, 0.2) is 66.2 Å². The summed E-state index contributed by atoms with van der Waals surface area (Å²) in [7, 11) is 0. The zero-order valence-corrected chi connectivity index (χ0v) is 19.5. The molecule has 3 rings (SSSR count). The first-order valence-corrected chi connectivity index (χ1v) is 11.4. The predicted octanol–water partition coefficient (Wildman–Crippen LogP) is 3.44. The zero-order chi connectivity index (χ0) is 23.7. The Morgan fingerprint density at radius 2 is 2.00 bits per heavy atom. The van der Waals surface area contributed by atoms with E-state index < -0.39 is 11.6 Å². The average molecular weight is 472 g/mol. The Bertz CT molecular complexity index is 963. The summed E-state index contributed by atoms with van der Waals surface area (Å²) in [6.07, 6.45) is 2.85. The number of carbonyl (C=O) groups excluding carboxylic acids is 1. The minimum atomic E-state index is -1.11. The Morgan fingerprint density at radius 1 is 1.27 bits per heavy atom. The third-order valence-electron chi connectivity index (χ3n) is 5.44. The van der Waals surface area contributed by atoms with Crippen molar-refractivity contribution < 1.29 is 19.4 Å². The molecule has 2 aromatic rings. The smallest absolute Gasteiger partial charge is 0.266 e. The van der Waals surface area contributed by atoms with Crippen molar-refractivity contribution in [2.24, 2.45) is 4.99 Å². The van der Waals surface area contributed by atoms with Crippen molar-refractivity contribution in [3.05, 3.63) is 77.3 Å². The highest BCUT2D eigenvalue weighted by Crippen LogP contribution is 2.32. The van der Waals surface area contributed by atoms with E-state index in [0.717, 1.165) is 17.5 Å². The number of nitrogens with zero attached hydrogens (tertiary/aromatic N) is 1. The Morgan fingerprint density at radius 3 is 2.67 bits per heavy atom. The fraction of sp³-hybridized carbons (Fsp3) is 0.360. The van der Waals surface area contributed by atoms with E-state index in [1.54, 1.807) is 6.08 Å². The number of aliphatic imine (C=N–C) groups is 1. The second kappa shape index (κ2) is 11.8. The second-order valence-corrected chi connectivity index (χ2v) is 8.24. The maximum Gasteiger partial charge on any atom is 0.266 e. The molecular formula is C25H30ClN3O4. The third-order valence-corrected chi connectivity index (χ3v) is 5.69. The first kappa shape index (κ1) is 24.8. The van der Waals surface area contributed by atoms with Gasteiger partial charge in [-0.15, -0.1) is 6.58 Å². The van der Waals surface area contributed by atoms with Gasteiger partial charge in [0.2, 0.25) is 5.90 Å². The average Bonchev–Trinajstić information content (AvgIpc) is 3.16. The number of ether oxygens (including phenoxy) is 2. The van der Waals surface area contributed by atoms with Gasteiger partial charge in [0.25, 0.3) is 5.91 Å². The van der Waals surface area contributed by atoms with Gasteiger partial charge in [-0.05, 0) is 55.3 Å². The van der Waals surface area contributed by atoms with Gasteiger partial charge in [0.1, 0.15) is 11.9 Å². The molecule has 33 heavy (non-hydrogen) atoms. The molecule has 8 heteroatoms. The lowest BCUT2D eigenvalue weighted by molar-refractivity contribution is -0.129. The number of nitrogens with one attached hydrogen (secondary N) is 2. The summed E-state index contributed by atoms with van der Waals surface area (Å²) in [6, 6.07) is 14.9. The first-order valence-electron chi connectivity index (χ1n) is 11.0. The van der Waals surface area contributed by atoms with E-state index in [2.05, 4.69) is 17.4 Å². The fourth-order valence-electron chi connectivity index (χ4n) is 3.51. The van der Waals surface area contributed by atoms with E-state index in [1.807, 2.05) is 55.5 Å². The van der Waals surface area contributed by atoms with Gasteiger partial charge in [0.15, 0.2) is 5.54 Å². The van der Waals surface area contributed by atoms with Crippen LogP contribution in [0.5, 0.6) is 5.75 Å². The summed E-state index contributed by atoms with van der Waals surface area (Å²) in [4.78, 5) is 17.8. The molecule has 1 aliphatic rings. The zero-order valence-electron chi connectivity index (χ0n) is 18.7. The summed E-state index contributed by atoms with van der Waals surface area (Å²) in [5.41, 5.74) is 6.53. The number of aliphatic hydroxyl groups is 1. The maximum atomic E-state index is 13.1. The van der Waals surface area contributed by atoms with E-state index in [1.165, 1.54) is 0 Å². The monoisotopic (exact) mass is 471 g/mol. The number of amides is 1. The van der Waals surface area contributed by atoms with Crippen LogP contribution < -0.4 is 15.6 Å². The van der Waals surface area contributed by atoms with E-state index in [4.69, 9.17) is 31.2 Å². The molecule has 3 N–H and O–H groups in total. The second-order valence-electron chi connectivity index (χ2n) is 7.80. The van der Waals surface area contributed by atoms with E-state index >= 15 is 0 Å². The minimum Gasteiger partial charge on any atom is -0.494 e. The number of halogens is 1. The fourth-order valence-corrected chi connectivity index (χ4v) is 3.64. The minimum absolute atomic E-state index is 0.0874. The van der Waals surface area contributed by atoms with Crippen molar-refractivity contribution in [3.8, 4) is 5.75 Å². The molecule has 0 radical (unpaired) electrons. The number of carbonyl (C=O) groups is 1. The van der Waals surface area contributed by atoms with Crippen LogP contribution in [0, 0.1) is 0 Å². The highest BCUT2D eigenvalue weighted by molar-refractivity contribution is 6.30. The molecule has 0 saturated carbocycles. The van der Waals surface area contributed by atoms with Gasteiger partial charge in [-0.1, -0.05) is 29.8 Å². The van der Waals surface area contributed by atoms with Gasteiger partial charge < -0.3 is 14.6 Å². The van der Waals surface area contributed by atoms with Gasteiger partial charge in [0, 0.05) is 36.6 Å². The molecule has 0 aromatic heterocycles. The van der Waals surface area contributed by atoms with Crippen molar-refractivity contribution in [1.29, 1.82) is 0 Å². The molecule has 1 amide bonds. The van der Waals surface area contributed by atoms with Crippen LogP contribution in [0.2, 0.25) is 5.02 Å². The third kappa shape index (κ3) is 6.35. The van der Waals surface area contributed by atoms with Gasteiger partial charge >= 0.3 is 0 Å². The molecule has 176 valence electrons. The first-order chi connectivity index (χ1) is 16.0. The molecule has 0 aliphatic carbocycles. The number of aliphatic hydroxyl groups excluding tert-OH is 1. The molecule has 0 unspecified atom stereocenters. The van der Waals surface area contributed by atoms with Gasteiger partial charge in [-0.25, -0.2) is 10.4 Å². The summed E-state index contributed by atoms with van der Waals surface area (Å²) in [6.45, 7) is 6.72. The van der Waals surface area contributed by atoms with Gasteiger partial charge in [0.05, 0.1) is 6.61 Å². The summed E-state index contributed by atoms with van der Waals surface area (Å²) >= 11 is 5.92. The van der Waals surface area contributed by atoms with Crippen LogP contribution in [-0.2, 0) is 16.0 Å². The molecule has 7 nitrogen and oxygen atoms in total. The van der Waals surface area contributed by atoms with Crippen molar-refractivity contribution in [2.75, 3.05) is 19.8 Å². The summed E-state index contributed by atoms with van der Waals surface area (Å²) in [5.74, 6) is 0.825. The van der Waals surface area contributed by atoms with E-state index in [-0.39, 0.29) is 12.5 Å². The van der Waals surface area contributed by atoms with Crippen LogP contribution in [-0.4, -0.2) is 48.3 Å². The lowest BCUT2D eigenvalue weighted by atomic mass is 9.90. The lowest BCUT2D eigenvalue weighted by Crippen LogP contribution is -2.54. The number of hydrogen-bond donors (Lipinski definition) is 3. The summed E-state index contributed by atoms with van der Waals surface area (Å²) < 4.78 is 11.6. The largest absolute Gasteiger partial charge is 0.494 e. The normalized spacial score (nSPS) is 19.5. The van der Waals surface area contributed by atoms with E-state index in [0.29, 0.717) is 42.7 Å². The van der Waals surface area contributed by atoms with Crippen molar-refractivity contribution in [2.45, 2.75) is 37.8 Å². The molecular weight excluding hydrogens is 442 g/mol. The highest BCUT2D eigenvalue weighted by atomic mass is 35.5. The van der Waals surface area contributed by atoms with Crippen LogP contribution in [0.25, 0.3) is 0 Å². The van der Waals surface area contributed by atoms with Gasteiger partial charge in [-0.3, -0.25) is 10.2 Å². The molecule has 1 aliphatic heterocycles. The molecule has 0 bridgehead atoms. The molecule has 0 spiro atoms. The number of hydrazine groups is 1. The highest BCUT2D eigenvalue weighted by Gasteiger charge is 2.49. The lowest BCUT2D eigenvalue weighted by Gasteiger charge is -2.26. The number of rotatable bonds is 12. The quantitative estimate of drug-likeness (QED) is 0.250. The summed E-state index contributed by atoms with van der Waals surface area (Å²) in [5, 5.41) is 9.56. The number of hydrogen-bond acceptors (Lipinski definition) is 6. The molecule has 2 atom stereocenters. The van der Waals surface area contributed by atoms with Crippen molar-refractivity contribution in [1.82, 2.24) is 10.9 Å². The maximum absolute atomic E-state index is 13.1. The predicted molar refractivity (Wildman–Crippen MR) is 130 cm³/mol. The molecule has 1 heterocycles. The Labute approximate surface area is 199 Å². The Kier molecular flexibility index (Phi) is 8.88. The Balaban J connectivity index is 1.63. The topological polar surface area (TPSA) is 92.2 Å². The van der Waals surface area contributed by atoms with Crippen molar-refractivity contribution >= 4 is 23.4 Å². The molecule has 2 aromatic carbocycles.